The van der Waals surface area contributed by atoms with Crippen LogP contribution in [0.3, 0.4) is 0 Å². The minimum atomic E-state index is -0.453. The molecule has 24 heavy (non-hydrogen) atoms. The molecule has 0 atom stereocenters. The Balaban J connectivity index is 1.78. The number of rotatable bonds is 4. The molecule has 1 heterocycles. The zero-order valence-electron chi connectivity index (χ0n) is 13.8. The summed E-state index contributed by atoms with van der Waals surface area (Å²) in [7, 11) is 0. The van der Waals surface area contributed by atoms with E-state index in [2.05, 4.69) is 4.98 Å². The van der Waals surface area contributed by atoms with Crippen molar-refractivity contribution in [3.63, 3.8) is 0 Å². The number of aryl methyl sites for hydroxylation is 2. The number of carbonyl (C=O) groups excluding carboxylic acids is 1. The standard InChI is InChI=1S/C20H19N2O2/c1-15-8-9-16(2)19(12-15)24-20(23)18-14-22(11-10-21-18)13-17-6-4-3-5-7-17/h3-12,14H,13H2,1-2H3/q+1. The van der Waals surface area contributed by atoms with Crippen LogP contribution in [0.4, 0.5) is 0 Å². The lowest BCUT2D eigenvalue weighted by atomic mass is 10.1. The quantitative estimate of drug-likeness (QED) is 0.421. The van der Waals surface area contributed by atoms with E-state index in [1.54, 1.807) is 12.4 Å². The molecule has 0 saturated carbocycles. The Hall–Kier alpha value is -3.01. The van der Waals surface area contributed by atoms with Crippen LogP contribution in [-0.4, -0.2) is 11.0 Å². The first-order chi connectivity index (χ1) is 11.6. The first-order valence-corrected chi connectivity index (χ1v) is 7.80. The molecular formula is C20H19N2O2+. The van der Waals surface area contributed by atoms with Crippen molar-refractivity contribution in [3.05, 3.63) is 89.5 Å². The Morgan fingerprint density at radius 3 is 2.71 bits per heavy atom. The van der Waals surface area contributed by atoms with Gasteiger partial charge in [0.25, 0.3) is 0 Å². The lowest BCUT2D eigenvalue weighted by Crippen LogP contribution is -2.35. The molecule has 0 aliphatic rings. The summed E-state index contributed by atoms with van der Waals surface area (Å²) in [6, 6.07) is 15.8. The first-order valence-electron chi connectivity index (χ1n) is 7.80. The van der Waals surface area contributed by atoms with Gasteiger partial charge in [-0.25, -0.2) is 9.78 Å². The monoisotopic (exact) mass is 319 g/mol. The normalized spacial score (nSPS) is 10.4. The average molecular weight is 319 g/mol. The highest BCUT2D eigenvalue weighted by Crippen LogP contribution is 2.19. The van der Waals surface area contributed by atoms with Gasteiger partial charge >= 0.3 is 5.97 Å². The minimum Gasteiger partial charge on any atom is -0.421 e. The number of hydrogen-bond acceptors (Lipinski definition) is 3. The molecule has 0 unspecified atom stereocenters. The average Bonchev–Trinajstić information content (AvgIpc) is 2.59. The Morgan fingerprint density at radius 2 is 1.92 bits per heavy atom. The summed E-state index contributed by atoms with van der Waals surface area (Å²) in [5, 5.41) is 0. The second-order valence-electron chi connectivity index (χ2n) is 5.76. The van der Waals surface area contributed by atoms with Crippen molar-refractivity contribution in [2.45, 2.75) is 20.4 Å². The molecule has 120 valence electrons. The molecule has 0 bridgehead atoms. The predicted molar refractivity (Wildman–Crippen MR) is 90.9 cm³/mol. The number of ether oxygens (including phenoxy) is 1. The van der Waals surface area contributed by atoms with Gasteiger partial charge in [0, 0.05) is 5.56 Å². The van der Waals surface area contributed by atoms with Gasteiger partial charge in [-0.15, -0.1) is 0 Å². The van der Waals surface area contributed by atoms with Gasteiger partial charge < -0.3 is 4.74 Å². The summed E-state index contributed by atoms with van der Waals surface area (Å²) < 4.78 is 7.42. The summed E-state index contributed by atoms with van der Waals surface area (Å²) in [4.78, 5) is 16.5. The van der Waals surface area contributed by atoms with E-state index in [4.69, 9.17) is 4.74 Å². The predicted octanol–water partition coefficient (Wildman–Crippen LogP) is 3.25. The van der Waals surface area contributed by atoms with Crippen LogP contribution < -0.4 is 9.30 Å². The minimum absolute atomic E-state index is 0.286. The van der Waals surface area contributed by atoms with Crippen LogP contribution in [0.25, 0.3) is 0 Å². The van der Waals surface area contributed by atoms with E-state index in [1.807, 2.05) is 73.1 Å². The number of nitrogens with zero attached hydrogens (tertiary/aromatic N) is 2. The third-order valence-corrected chi connectivity index (χ3v) is 3.72. The summed E-state index contributed by atoms with van der Waals surface area (Å²) in [5.74, 6) is 0.117. The van der Waals surface area contributed by atoms with E-state index >= 15 is 0 Å². The number of carbonyl (C=O) groups is 1. The summed E-state index contributed by atoms with van der Waals surface area (Å²) in [6.07, 6.45) is 5.16. The Kier molecular flexibility index (Phi) is 4.66. The number of hydrogen-bond donors (Lipinski definition) is 0. The van der Waals surface area contributed by atoms with E-state index in [1.165, 1.54) is 0 Å². The van der Waals surface area contributed by atoms with Crippen LogP contribution in [0.5, 0.6) is 5.75 Å². The summed E-state index contributed by atoms with van der Waals surface area (Å²) in [6.45, 7) is 4.55. The van der Waals surface area contributed by atoms with Gasteiger partial charge in [-0.05, 0) is 31.0 Å². The van der Waals surface area contributed by atoms with Crippen molar-refractivity contribution >= 4 is 5.97 Å². The zero-order chi connectivity index (χ0) is 16.9. The second-order valence-corrected chi connectivity index (χ2v) is 5.76. The second kappa shape index (κ2) is 7.04. The maximum Gasteiger partial charge on any atom is 0.368 e. The topological polar surface area (TPSA) is 43.1 Å². The fourth-order valence-electron chi connectivity index (χ4n) is 2.40. The maximum absolute atomic E-state index is 12.4. The highest BCUT2D eigenvalue weighted by molar-refractivity contribution is 5.88. The van der Waals surface area contributed by atoms with E-state index in [9.17, 15) is 4.79 Å². The highest BCUT2D eigenvalue weighted by atomic mass is 16.5. The van der Waals surface area contributed by atoms with Crippen LogP contribution in [0.15, 0.2) is 67.1 Å². The van der Waals surface area contributed by atoms with Crippen LogP contribution >= 0.6 is 0 Å². The third-order valence-electron chi connectivity index (χ3n) is 3.72. The van der Waals surface area contributed by atoms with E-state index in [0.717, 1.165) is 16.7 Å². The molecule has 0 saturated heterocycles. The van der Waals surface area contributed by atoms with Gasteiger partial charge in [-0.3, -0.25) is 0 Å². The van der Waals surface area contributed by atoms with Crippen LogP contribution in [0.2, 0.25) is 0 Å². The molecular weight excluding hydrogens is 300 g/mol. The van der Waals surface area contributed by atoms with Crippen molar-refractivity contribution in [2.24, 2.45) is 0 Å². The molecule has 3 rings (SSSR count). The SMILES string of the molecule is Cc1ccc(C)c(OC(=O)c2c[n+](Cc3ccccc3)ccn2)c1. The van der Waals surface area contributed by atoms with E-state index in [-0.39, 0.29) is 5.69 Å². The van der Waals surface area contributed by atoms with Crippen molar-refractivity contribution in [3.8, 4) is 5.75 Å². The van der Waals surface area contributed by atoms with Crippen LogP contribution in [0.1, 0.15) is 27.2 Å². The Bertz CT molecular complexity index is 861. The van der Waals surface area contributed by atoms with Crippen molar-refractivity contribution < 1.29 is 14.1 Å². The maximum atomic E-state index is 12.4. The van der Waals surface area contributed by atoms with Crippen molar-refractivity contribution in [2.75, 3.05) is 0 Å². The fraction of sp³-hybridized carbons (Fsp3) is 0.150. The molecule has 1 aromatic heterocycles. The van der Waals surface area contributed by atoms with Gasteiger partial charge in [0.1, 0.15) is 5.75 Å². The molecule has 2 aromatic carbocycles. The molecule has 4 heteroatoms. The molecule has 0 amide bonds. The fourth-order valence-corrected chi connectivity index (χ4v) is 2.40. The molecule has 3 aromatic rings. The molecule has 0 fully saturated rings. The number of esters is 1. The first kappa shape index (κ1) is 15.9. The molecule has 0 aliphatic carbocycles. The van der Waals surface area contributed by atoms with Crippen molar-refractivity contribution in [1.82, 2.24) is 4.98 Å². The van der Waals surface area contributed by atoms with Crippen LogP contribution in [-0.2, 0) is 6.54 Å². The van der Waals surface area contributed by atoms with E-state index in [0.29, 0.717) is 12.3 Å². The van der Waals surface area contributed by atoms with Crippen molar-refractivity contribution in [1.29, 1.82) is 0 Å². The largest absolute Gasteiger partial charge is 0.421 e. The van der Waals surface area contributed by atoms with E-state index < -0.39 is 5.97 Å². The van der Waals surface area contributed by atoms with Crippen LogP contribution in [0, 0.1) is 13.8 Å². The lowest BCUT2D eigenvalue weighted by molar-refractivity contribution is -0.689. The van der Waals surface area contributed by atoms with Gasteiger partial charge in [0.15, 0.2) is 12.7 Å². The van der Waals surface area contributed by atoms with Gasteiger partial charge in [-0.2, -0.15) is 4.57 Å². The molecule has 0 spiro atoms. The molecule has 0 aliphatic heterocycles. The molecule has 0 radical (unpaired) electrons. The third kappa shape index (κ3) is 3.84. The summed E-state index contributed by atoms with van der Waals surface area (Å²) in [5.41, 5.74) is 3.41. The zero-order valence-corrected chi connectivity index (χ0v) is 13.8. The van der Waals surface area contributed by atoms with Gasteiger partial charge in [-0.1, -0.05) is 42.5 Å². The van der Waals surface area contributed by atoms with Gasteiger partial charge in [0.2, 0.25) is 11.9 Å². The number of aromatic nitrogens is 2. The molecule has 0 N–H and O–H groups in total. The highest BCUT2D eigenvalue weighted by Gasteiger charge is 2.16. The van der Waals surface area contributed by atoms with Gasteiger partial charge in [0.05, 0.1) is 6.20 Å². The number of benzene rings is 2. The Morgan fingerprint density at radius 1 is 1.12 bits per heavy atom. The lowest BCUT2D eigenvalue weighted by Gasteiger charge is -2.07. The summed E-state index contributed by atoms with van der Waals surface area (Å²) >= 11 is 0. The Labute approximate surface area is 141 Å². The smallest absolute Gasteiger partial charge is 0.368 e. The molecule has 4 nitrogen and oxygen atoms in total.